The van der Waals surface area contributed by atoms with Gasteiger partial charge in [-0.2, -0.15) is 0 Å². The Morgan fingerprint density at radius 1 is 0.879 bits per heavy atom. The second kappa shape index (κ2) is 6.45. The van der Waals surface area contributed by atoms with Crippen molar-refractivity contribution in [3.8, 4) is 0 Å². The molecule has 2 amide bonds. The number of hydrogen-bond donors (Lipinski definition) is 0. The topological polar surface area (TPSA) is 97.6 Å². The number of anilines is 1. The molecule has 0 aromatic heterocycles. The molecular weight excluding hydrogens is 420 g/mol. The summed E-state index contributed by atoms with van der Waals surface area (Å²) in [6, 6.07) is 20.7. The number of nitro benzene ring substituents is 1. The maximum Gasteiger partial charge on any atom is 0.293 e. The second-order valence-electron chi connectivity index (χ2n) is 8.78. The number of hydrogen-bond acceptors (Lipinski definition) is 5. The van der Waals surface area contributed by atoms with E-state index in [-0.39, 0.29) is 17.2 Å². The minimum Gasteiger partial charge on any atom is -0.299 e. The lowest BCUT2D eigenvalue weighted by atomic mass is 9.46. The smallest absolute Gasteiger partial charge is 0.293 e. The Morgan fingerprint density at radius 3 is 2.00 bits per heavy atom. The number of benzene rings is 3. The molecule has 0 spiro atoms. The molecule has 3 aliphatic carbocycles. The lowest BCUT2D eigenvalue weighted by Gasteiger charge is -2.52. The summed E-state index contributed by atoms with van der Waals surface area (Å²) >= 11 is 0. The van der Waals surface area contributed by atoms with Gasteiger partial charge in [0.05, 0.1) is 22.2 Å². The first-order valence-electron chi connectivity index (χ1n) is 10.7. The molecule has 0 N–H and O–H groups in total. The van der Waals surface area contributed by atoms with E-state index < -0.39 is 39.9 Å². The van der Waals surface area contributed by atoms with Crippen molar-refractivity contribution < 1.29 is 19.3 Å². The van der Waals surface area contributed by atoms with Crippen LogP contribution in [0.5, 0.6) is 0 Å². The van der Waals surface area contributed by atoms with Gasteiger partial charge in [-0.05, 0) is 35.2 Å². The van der Waals surface area contributed by atoms with Crippen LogP contribution < -0.4 is 4.90 Å². The van der Waals surface area contributed by atoms with Crippen molar-refractivity contribution in [3.05, 3.63) is 105 Å². The molecule has 2 atom stereocenters. The molecule has 0 unspecified atom stereocenters. The third kappa shape index (κ3) is 2.16. The number of carbonyl (C=O) groups excluding carboxylic acids is 3. The van der Waals surface area contributed by atoms with Crippen molar-refractivity contribution >= 4 is 29.0 Å². The summed E-state index contributed by atoms with van der Waals surface area (Å²) in [5.41, 5.74) is 1.50. The highest BCUT2D eigenvalue weighted by atomic mass is 16.6. The van der Waals surface area contributed by atoms with E-state index in [4.69, 9.17) is 0 Å². The quantitative estimate of drug-likeness (QED) is 0.353. The maximum absolute atomic E-state index is 14.0. The van der Waals surface area contributed by atoms with Crippen molar-refractivity contribution in [2.45, 2.75) is 18.3 Å². The zero-order valence-corrected chi connectivity index (χ0v) is 17.6. The van der Waals surface area contributed by atoms with Gasteiger partial charge >= 0.3 is 0 Å². The van der Waals surface area contributed by atoms with Gasteiger partial charge in [-0.25, -0.2) is 4.90 Å². The van der Waals surface area contributed by atoms with Crippen LogP contribution in [0.4, 0.5) is 11.4 Å². The number of amides is 2. The van der Waals surface area contributed by atoms with Crippen LogP contribution in [0.15, 0.2) is 72.8 Å². The minimum absolute atomic E-state index is 0.0573. The monoisotopic (exact) mass is 438 g/mol. The third-order valence-electron chi connectivity index (χ3n) is 7.49. The molecule has 1 heterocycles. The van der Waals surface area contributed by atoms with E-state index in [1.807, 2.05) is 48.5 Å². The Kier molecular flexibility index (Phi) is 3.82. The standard InChI is InChI=1S/C26H18N2O5/c1-14(29)26-17-10-4-2-8-15(17)21(16-9-3-5-11-18(16)26)22-23(26)25(31)27(24(22)30)19-12-6-7-13-20(19)28(32)33/h2-13,21-23H,1H3/t21?,22-,23-,26?/m0/s1. The number of para-hydroxylation sites is 2. The number of ketones is 1. The zero-order chi connectivity index (χ0) is 23.1. The molecule has 7 rings (SSSR count). The average Bonchev–Trinajstić information content (AvgIpc) is 3.09. The second-order valence-corrected chi connectivity index (χ2v) is 8.78. The van der Waals surface area contributed by atoms with Gasteiger partial charge in [-0.15, -0.1) is 0 Å². The van der Waals surface area contributed by atoms with Crippen LogP contribution in [0.2, 0.25) is 0 Å². The first-order valence-corrected chi connectivity index (χ1v) is 10.7. The normalized spacial score (nSPS) is 26.6. The van der Waals surface area contributed by atoms with Crippen molar-refractivity contribution in [1.29, 1.82) is 0 Å². The number of nitro groups is 1. The van der Waals surface area contributed by atoms with Gasteiger partial charge < -0.3 is 0 Å². The first-order chi connectivity index (χ1) is 15.9. The van der Waals surface area contributed by atoms with E-state index in [2.05, 4.69) is 0 Å². The van der Waals surface area contributed by atoms with E-state index in [9.17, 15) is 24.5 Å². The predicted molar refractivity (Wildman–Crippen MR) is 119 cm³/mol. The predicted octanol–water partition coefficient (Wildman–Crippen LogP) is 3.73. The Labute approximate surface area is 188 Å². The molecule has 1 fully saturated rings. The van der Waals surface area contributed by atoms with Crippen LogP contribution in [-0.2, 0) is 19.8 Å². The molecule has 4 aliphatic rings. The summed E-state index contributed by atoms with van der Waals surface area (Å²) in [5.74, 6) is -3.47. The summed E-state index contributed by atoms with van der Waals surface area (Å²) in [4.78, 5) is 53.4. The van der Waals surface area contributed by atoms with Crippen molar-refractivity contribution in [2.75, 3.05) is 4.90 Å². The summed E-state index contributed by atoms with van der Waals surface area (Å²) in [7, 11) is 0. The maximum atomic E-state index is 14.0. The van der Waals surface area contributed by atoms with Crippen LogP contribution >= 0.6 is 0 Å². The van der Waals surface area contributed by atoms with Crippen LogP contribution in [0.25, 0.3) is 0 Å². The highest BCUT2D eigenvalue weighted by Crippen LogP contribution is 2.64. The van der Waals surface area contributed by atoms with Gasteiger partial charge in [0.1, 0.15) is 11.5 Å². The molecule has 7 nitrogen and oxygen atoms in total. The van der Waals surface area contributed by atoms with E-state index >= 15 is 0 Å². The Bertz CT molecular complexity index is 1360. The molecule has 162 valence electrons. The van der Waals surface area contributed by atoms with Gasteiger partial charge in [0.15, 0.2) is 0 Å². The average molecular weight is 438 g/mol. The summed E-state index contributed by atoms with van der Waals surface area (Å²) in [5, 5.41) is 11.7. The number of carbonyl (C=O) groups is 3. The highest BCUT2D eigenvalue weighted by molar-refractivity contribution is 6.26. The summed E-state index contributed by atoms with van der Waals surface area (Å²) < 4.78 is 0. The lowest BCUT2D eigenvalue weighted by Crippen LogP contribution is -2.57. The molecule has 1 aliphatic heterocycles. The van der Waals surface area contributed by atoms with E-state index in [0.717, 1.165) is 27.2 Å². The Hall–Kier alpha value is -4.13. The zero-order valence-electron chi connectivity index (χ0n) is 17.6. The fourth-order valence-corrected chi connectivity index (χ4v) is 6.42. The number of rotatable bonds is 3. The van der Waals surface area contributed by atoms with Crippen molar-refractivity contribution in [1.82, 2.24) is 0 Å². The molecule has 7 heteroatoms. The van der Waals surface area contributed by atoms with Gasteiger partial charge in [0.2, 0.25) is 11.8 Å². The van der Waals surface area contributed by atoms with Gasteiger partial charge in [0, 0.05) is 12.0 Å². The van der Waals surface area contributed by atoms with Crippen LogP contribution in [0, 0.1) is 22.0 Å². The molecule has 0 saturated carbocycles. The molecule has 33 heavy (non-hydrogen) atoms. The summed E-state index contributed by atoms with van der Waals surface area (Å²) in [6.07, 6.45) is 0. The fourth-order valence-electron chi connectivity index (χ4n) is 6.42. The molecule has 3 aromatic carbocycles. The Morgan fingerprint density at radius 2 is 1.42 bits per heavy atom. The number of imide groups is 1. The molecule has 3 aromatic rings. The van der Waals surface area contributed by atoms with Crippen molar-refractivity contribution in [2.24, 2.45) is 11.8 Å². The van der Waals surface area contributed by atoms with Gasteiger partial charge in [0.25, 0.3) is 5.69 Å². The van der Waals surface area contributed by atoms with Crippen LogP contribution in [0.1, 0.15) is 35.1 Å². The number of nitrogens with zero attached hydrogens (tertiary/aromatic N) is 2. The van der Waals surface area contributed by atoms with E-state index in [1.165, 1.54) is 25.1 Å². The number of Topliss-reactive ketones (excluding diaryl/α,β-unsaturated/α-hetero) is 1. The van der Waals surface area contributed by atoms with Crippen molar-refractivity contribution in [3.63, 3.8) is 0 Å². The third-order valence-corrected chi connectivity index (χ3v) is 7.49. The van der Waals surface area contributed by atoms with E-state index in [1.54, 1.807) is 6.07 Å². The molecule has 1 saturated heterocycles. The molecular formula is C26H18N2O5. The Balaban J connectivity index is 1.67. The van der Waals surface area contributed by atoms with Gasteiger partial charge in [-0.3, -0.25) is 24.5 Å². The lowest BCUT2D eigenvalue weighted by molar-refractivity contribution is -0.384. The summed E-state index contributed by atoms with van der Waals surface area (Å²) in [6.45, 7) is 1.46. The van der Waals surface area contributed by atoms with E-state index in [0.29, 0.717) is 0 Å². The first kappa shape index (κ1) is 19.5. The van der Waals surface area contributed by atoms with Crippen LogP contribution in [-0.4, -0.2) is 22.5 Å². The van der Waals surface area contributed by atoms with Gasteiger partial charge in [-0.1, -0.05) is 60.7 Å². The fraction of sp³-hybridized carbons (Fsp3) is 0.192. The highest BCUT2D eigenvalue weighted by Gasteiger charge is 2.70. The molecule has 2 bridgehead atoms. The largest absolute Gasteiger partial charge is 0.299 e. The molecule has 0 radical (unpaired) electrons. The minimum atomic E-state index is -1.32. The van der Waals surface area contributed by atoms with Crippen LogP contribution in [0.3, 0.4) is 0 Å². The SMILES string of the molecule is CC(=O)C12c3ccccc3C(c3ccccc31)[C@@H]1C(=O)N(c3ccccc3[N+](=O)[O-])C(=O)[C@H]12.